The van der Waals surface area contributed by atoms with Crippen molar-refractivity contribution in [2.24, 2.45) is 0 Å². The molecule has 0 bridgehead atoms. The fraction of sp³-hybridized carbons (Fsp3) is 0.417. The molecule has 1 saturated heterocycles. The van der Waals surface area contributed by atoms with Crippen LogP contribution in [0.1, 0.15) is 44.2 Å². The molecule has 5 heterocycles. The monoisotopic (exact) mass is 494 g/mol. The Morgan fingerprint density at radius 2 is 1.92 bits per heavy atom. The number of carbonyl (C=O) groups excluding carboxylic acids is 1. The highest BCUT2D eigenvalue weighted by molar-refractivity contribution is 5.99. The normalized spacial score (nSPS) is 18.2. The van der Waals surface area contributed by atoms with Crippen molar-refractivity contribution in [2.45, 2.75) is 50.2 Å². The molecule has 1 aliphatic heterocycles. The summed E-state index contributed by atoms with van der Waals surface area (Å²) in [6.45, 7) is 1.81. The van der Waals surface area contributed by atoms with Gasteiger partial charge in [-0.05, 0) is 43.9 Å². The first-order chi connectivity index (χ1) is 17.1. The SMILES string of the molecule is CC(F)(F)c1cc(-c2ccc3ncc4nnn(C5CCN(C(=O)C6(O)CC6)CC5)c4c3n2)cnc1N. The number of aromatic nitrogens is 6. The van der Waals surface area contributed by atoms with Crippen LogP contribution in [0.3, 0.4) is 0 Å². The second kappa shape index (κ2) is 7.85. The van der Waals surface area contributed by atoms with Crippen molar-refractivity contribution in [2.75, 3.05) is 18.8 Å². The Bertz CT molecular complexity index is 1500. The van der Waals surface area contributed by atoms with Crippen molar-refractivity contribution in [3.8, 4) is 11.3 Å². The average molecular weight is 495 g/mol. The lowest BCUT2D eigenvalue weighted by atomic mass is 10.0. The number of anilines is 1. The van der Waals surface area contributed by atoms with Crippen LogP contribution in [0.4, 0.5) is 14.6 Å². The number of alkyl halides is 2. The fourth-order valence-corrected chi connectivity index (χ4v) is 4.81. The number of hydrogen-bond acceptors (Lipinski definition) is 8. The molecule has 6 rings (SSSR count). The van der Waals surface area contributed by atoms with Gasteiger partial charge < -0.3 is 15.7 Å². The molecule has 2 fully saturated rings. The van der Waals surface area contributed by atoms with Crippen LogP contribution in [0.5, 0.6) is 0 Å². The van der Waals surface area contributed by atoms with Gasteiger partial charge in [0.15, 0.2) is 0 Å². The van der Waals surface area contributed by atoms with Crippen molar-refractivity contribution in [3.05, 3.63) is 36.2 Å². The number of nitrogen functional groups attached to an aromatic ring is 1. The molecule has 1 saturated carbocycles. The number of halogens is 2. The number of rotatable bonds is 4. The van der Waals surface area contributed by atoms with Crippen LogP contribution < -0.4 is 5.73 Å². The lowest BCUT2D eigenvalue weighted by Crippen LogP contribution is -2.45. The summed E-state index contributed by atoms with van der Waals surface area (Å²) >= 11 is 0. The van der Waals surface area contributed by atoms with E-state index in [0.29, 0.717) is 72.1 Å². The fourth-order valence-electron chi connectivity index (χ4n) is 4.81. The number of pyridine rings is 3. The Morgan fingerprint density at radius 3 is 2.61 bits per heavy atom. The van der Waals surface area contributed by atoms with Crippen LogP contribution in [-0.4, -0.2) is 64.5 Å². The van der Waals surface area contributed by atoms with E-state index in [9.17, 15) is 18.7 Å². The Labute approximate surface area is 204 Å². The molecule has 0 spiro atoms. The van der Waals surface area contributed by atoms with Crippen LogP contribution in [0.25, 0.3) is 33.3 Å². The minimum atomic E-state index is -3.15. The van der Waals surface area contributed by atoms with Crippen LogP contribution >= 0.6 is 0 Å². The molecule has 0 atom stereocenters. The van der Waals surface area contributed by atoms with Gasteiger partial charge in [-0.25, -0.2) is 23.4 Å². The minimum Gasteiger partial charge on any atom is -0.383 e. The van der Waals surface area contributed by atoms with Crippen molar-refractivity contribution in [3.63, 3.8) is 0 Å². The second-order valence-corrected chi connectivity index (χ2v) is 9.69. The third-order valence-electron chi connectivity index (χ3n) is 7.05. The van der Waals surface area contributed by atoms with E-state index in [-0.39, 0.29) is 23.3 Å². The number of carbonyl (C=O) groups is 1. The Morgan fingerprint density at radius 1 is 1.17 bits per heavy atom. The number of fused-ring (bicyclic) bond motifs is 3. The molecular weight excluding hydrogens is 470 g/mol. The van der Waals surface area contributed by atoms with E-state index in [4.69, 9.17) is 10.7 Å². The number of hydrogen-bond donors (Lipinski definition) is 2. The number of piperidine rings is 1. The Hall–Kier alpha value is -3.80. The number of nitrogens with two attached hydrogens (primary N) is 1. The van der Waals surface area contributed by atoms with Crippen molar-refractivity contribution in [1.29, 1.82) is 0 Å². The zero-order valence-electron chi connectivity index (χ0n) is 19.5. The molecule has 0 radical (unpaired) electrons. The zero-order valence-corrected chi connectivity index (χ0v) is 19.5. The van der Waals surface area contributed by atoms with Crippen molar-refractivity contribution in [1.82, 2.24) is 34.8 Å². The summed E-state index contributed by atoms with van der Waals surface area (Å²) in [5, 5.41) is 18.8. The smallest absolute Gasteiger partial charge is 0.274 e. The van der Waals surface area contributed by atoms with E-state index in [1.165, 1.54) is 12.3 Å². The number of nitrogens with zero attached hydrogens (tertiary/aromatic N) is 7. The first-order valence-corrected chi connectivity index (χ1v) is 11.8. The summed E-state index contributed by atoms with van der Waals surface area (Å²) in [4.78, 5) is 27.4. The summed E-state index contributed by atoms with van der Waals surface area (Å²) in [6.07, 6.45) is 5.40. The molecule has 186 valence electrons. The summed E-state index contributed by atoms with van der Waals surface area (Å²) in [5.41, 5.74) is 7.42. The molecular formula is C24H24F2N8O2. The lowest BCUT2D eigenvalue weighted by molar-refractivity contribution is -0.143. The van der Waals surface area contributed by atoms with Gasteiger partial charge in [0.25, 0.3) is 11.8 Å². The highest BCUT2D eigenvalue weighted by Crippen LogP contribution is 2.39. The van der Waals surface area contributed by atoms with Gasteiger partial charge in [-0.3, -0.25) is 9.78 Å². The molecule has 10 nitrogen and oxygen atoms in total. The van der Waals surface area contributed by atoms with Crippen LogP contribution in [-0.2, 0) is 10.7 Å². The van der Waals surface area contributed by atoms with Crippen LogP contribution in [0.2, 0.25) is 0 Å². The minimum absolute atomic E-state index is 0.0208. The second-order valence-electron chi connectivity index (χ2n) is 9.69. The van der Waals surface area contributed by atoms with E-state index >= 15 is 0 Å². The first-order valence-electron chi connectivity index (χ1n) is 11.8. The predicted molar refractivity (Wildman–Crippen MR) is 127 cm³/mol. The van der Waals surface area contributed by atoms with Crippen LogP contribution in [0.15, 0.2) is 30.6 Å². The molecule has 36 heavy (non-hydrogen) atoms. The maximum Gasteiger partial charge on any atom is 0.274 e. The average Bonchev–Trinajstić information content (AvgIpc) is 3.47. The molecule has 0 unspecified atom stereocenters. The molecule has 0 aromatic carbocycles. The molecule has 4 aromatic heterocycles. The van der Waals surface area contributed by atoms with Gasteiger partial charge in [0.05, 0.1) is 29.0 Å². The van der Waals surface area contributed by atoms with Gasteiger partial charge in [-0.15, -0.1) is 5.10 Å². The molecule has 2 aliphatic rings. The van der Waals surface area contributed by atoms with Gasteiger partial charge in [0.2, 0.25) is 0 Å². The molecule has 3 N–H and O–H groups in total. The molecule has 1 aliphatic carbocycles. The molecule has 4 aromatic rings. The van der Waals surface area contributed by atoms with Gasteiger partial charge >= 0.3 is 0 Å². The van der Waals surface area contributed by atoms with Gasteiger partial charge in [-0.2, -0.15) is 0 Å². The summed E-state index contributed by atoms with van der Waals surface area (Å²) in [6, 6.07) is 4.76. The van der Waals surface area contributed by atoms with E-state index in [1.54, 1.807) is 23.2 Å². The van der Waals surface area contributed by atoms with Gasteiger partial charge in [0.1, 0.15) is 28.0 Å². The first kappa shape index (κ1) is 22.7. The number of aliphatic hydroxyl groups is 1. The maximum absolute atomic E-state index is 14.0. The Kier molecular flexibility index (Phi) is 4.94. The maximum atomic E-state index is 14.0. The third kappa shape index (κ3) is 3.72. The van der Waals surface area contributed by atoms with Crippen molar-refractivity contribution < 1.29 is 18.7 Å². The van der Waals surface area contributed by atoms with Crippen LogP contribution in [0, 0.1) is 0 Å². The van der Waals surface area contributed by atoms with E-state index in [0.717, 1.165) is 6.92 Å². The zero-order chi connectivity index (χ0) is 25.2. The predicted octanol–water partition coefficient (Wildman–Crippen LogP) is 2.82. The molecule has 1 amide bonds. The summed E-state index contributed by atoms with van der Waals surface area (Å²) in [5.74, 6) is -3.57. The summed E-state index contributed by atoms with van der Waals surface area (Å²) in [7, 11) is 0. The molecule has 12 heteroatoms. The van der Waals surface area contributed by atoms with E-state index in [1.807, 2.05) is 4.68 Å². The lowest BCUT2D eigenvalue weighted by Gasteiger charge is -2.33. The highest BCUT2D eigenvalue weighted by atomic mass is 19.3. The van der Waals surface area contributed by atoms with E-state index < -0.39 is 11.5 Å². The Balaban J connectivity index is 1.37. The van der Waals surface area contributed by atoms with Gasteiger partial charge in [-0.1, -0.05) is 5.21 Å². The quantitative estimate of drug-likeness (QED) is 0.442. The summed E-state index contributed by atoms with van der Waals surface area (Å²) < 4.78 is 29.9. The standard InChI is InChI=1S/C24H24F2N8O2/c1-23(25,26)15-10-13(11-29-21(15)27)16-2-3-17-19(30-16)20-18(12-28-17)31-32-34(20)14-4-8-33(9-5-14)22(35)24(36)6-7-24/h2-3,10-12,14,36H,4-9H2,1H3,(H2,27,29). The number of likely N-dealkylation sites (tertiary alicyclic amines) is 1. The van der Waals surface area contributed by atoms with Crippen molar-refractivity contribution >= 4 is 33.8 Å². The third-order valence-corrected chi connectivity index (χ3v) is 7.05. The highest BCUT2D eigenvalue weighted by Gasteiger charge is 2.50. The van der Waals surface area contributed by atoms with E-state index in [2.05, 4.69) is 20.3 Å². The number of amides is 1. The van der Waals surface area contributed by atoms with Gasteiger partial charge in [0, 0.05) is 31.8 Å². The topological polar surface area (TPSA) is 136 Å². The largest absolute Gasteiger partial charge is 0.383 e.